The standard InChI is InChI=1S/C29H36N6O8S.2C11H6F2N.Ir/c1-20-8-11-30-22(17-20)23-18-21(9-12-31-23)28(39)34-24(19-44(2,41)42)29(40)33-10-4-3-5-25(36)32-13-15-43-16-14-35-26(37)6-7-27(35)38;2*12-8-4-5-9(10(13)7-8)11-3-1-2-6-14-11;/h6-9,11-12,17-18,24H,3-5,10,13-16,19H2,1-2H3,(H,32,36)(H,33,40)(H,34,39);2*1-4,6-7H;/q;2*-1;. The summed E-state index contributed by atoms with van der Waals surface area (Å²) < 4.78 is 80.9. The van der Waals surface area contributed by atoms with Crippen molar-refractivity contribution in [2.75, 3.05) is 44.9 Å². The molecule has 3 N–H and O–H groups in total. The minimum atomic E-state index is -3.62. The van der Waals surface area contributed by atoms with Gasteiger partial charge in [0.15, 0.2) is 0 Å². The number of aryl methyl sites for hydroxylation is 1. The summed E-state index contributed by atoms with van der Waals surface area (Å²) >= 11 is 0. The maximum absolute atomic E-state index is 13.2. The summed E-state index contributed by atoms with van der Waals surface area (Å²) in [5, 5.41) is 7.82. The summed E-state index contributed by atoms with van der Waals surface area (Å²) in [4.78, 5) is 78.2. The molecule has 7 rings (SSSR count). The van der Waals surface area contributed by atoms with Crippen LogP contribution in [-0.4, -0.2) is 114 Å². The number of aromatic nitrogens is 4. The monoisotopic (exact) mass is 1200 g/mol. The first-order valence-electron chi connectivity index (χ1n) is 22.1. The summed E-state index contributed by atoms with van der Waals surface area (Å²) in [6.45, 7) is 2.83. The molecule has 16 nitrogen and oxygen atoms in total. The predicted octanol–water partition coefficient (Wildman–Crippen LogP) is 5.59. The molecule has 1 radical (unpaired) electrons. The van der Waals surface area contributed by atoms with Gasteiger partial charge in [-0.1, -0.05) is 47.5 Å². The molecule has 0 bridgehead atoms. The number of benzene rings is 2. The van der Waals surface area contributed by atoms with Crippen LogP contribution in [-0.2, 0) is 53.9 Å². The van der Waals surface area contributed by atoms with E-state index in [1.807, 2.05) is 19.1 Å². The minimum Gasteiger partial charge on any atom is -0.378 e. The molecule has 22 heteroatoms. The van der Waals surface area contributed by atoms with Crippen molar-refractivity contribution in [3.8, 4) is 33.9 Å². The van der Waals surface area contributed by atoms with E-state index < -0.39 is 56.7 Å². The number of pyridine rings is 4. The number of nitrogens with zero attached hydrogens (tertiary/aromatic N) is 5. The number of imide groups is 1. The molecule has 5 amide bonds. The van der Waals surface area contributed by atoms with Gasteiger partial charge in [-0.15, -0.1) is 24.3 Å². The zero-order chi connectivity index (χ0) is 52.0. The van der Waals surface area contributed by atoms with Gasteiger partial charge in [0, 0.05) is 112 Å². The quantitative estimate of drug-likeness (QED) is 0.0391. The van der Waals surface area contributed by atoms with E-state index in [1.165, 1.54) is 30.5 Å². The molecule has 1 aliphatic heterocycles. The van der Waals surface area contributed by atoms with Gasteiger partial charge < -0.3 is 30.7 Å². The van der Waals surface area contributed by atoms with Gasteiger partial charge in [-0.3, -0.25) is 56.4 Å². The number of hydrogen-bond donors (Lipinski definition) is 3. The SMILES string of the molecule is Cc1ccnc(-c2cc(C(=O)NC(CS(C)(=O)=O)C(=O)NCCCCC(=O)NCCOCCN3C(=O)C=CC3=O)ccn2)c1.Fc1c[c-]c(-c2ccccn2)c(F)c1.Fc1c[c-]c(-c2ccccn2)c(F)c1.[Ir]. The molecule has 6 aromatic rings. The third-order valence-corrected chi connectivity index (χ3v) is 10.8. The second-order valence-corrected chi connectivity index (χ2v) is 17.8. The molecule has 0 fully saturated rings. The maximum Gasteiger partial charge on any atom is 0.253 e. The fraction of sp³-hybridized carbons (Fsp3) is 0.235. The zero-order valence-corrected chi connectivity index (χ0v) is 42.5. The van der Waals surface area contributed by atoms with Gasteiger partial charge in [0.05, 0.1) is 36.9 Å². The van der Waals surface area contributed by atoms with E-state index >= 15 is 0 Å². The fourth-order valence-electron chi connectivity index (χ4n) is 6.42. The largest absolute Gasteiger partial charge is 0.378 e. The number of halogens is 4. The van der Waals surface area contributed by atoms with Crippen LogP contribution < -0.4 is 16.0 Å². The van der Waals surface area contributed by atoms with Crippen LogP contribution in [0.15, 0.2) is 122 Å². The van der Waals surface area contributed by atoms with E-state index in [2.05, 4.69) is 48.0 Å². The van der Waals surface area contributed by atoms with Gasteiger partial charge in [0.1, 0.15) is 15.9 Å². The maximum atomic E-state index is 13.2. The normalized spacial score (nSPS) is 12.1. The van der Waals surface area contributed by atoms with Crippen molar-refractivity contribution in [2.45, 2.75) is 32.2 Å². The molecule has 0 spiro atoms. The van der Waals surface area contributed by atoms with Crippen LogP contribution in [0, 0.1) is 42.3 Å². The van der Waals surface area contributed by atoms with Crippen LogP contribution >= 0.6 is 0 Å². The summed E-state index contributed by atoms with van der Waals surface area (Å²) in [7, 11) is -3.62. The van der Waals surface area contributed by atoms with Gasteiger partial charge >= 0.3 is 0 Å². The Bertz CT molecular complexity index is 2870. The first-order chi connectivity index (χ1) is 34.5. The number of ether oxygens (including phenoxy) is 1. The second kappa shape index (κ2) is 29.2. The van der Waals surface area contributed by atoms with Crippen molar-refractivity contribution in [1.29, 1.82) is 0 Å². The molecule has 1 aliphatic rings. The third kappa shape index (κ3) is 19.6. The smallest absolute Gasteiger partial charge is 0.253 e. The Morgan fingerprint density at radius 3 is 1.79 bits per heavy atom. The zero-order valence-electron chi connectivity index (χ0n) is 39.2. The predicted molar refractivity (Wildman–Crippen MR) is 257 cm³/mol. The van der Waals surface area contributed by atoms with Crippen LogP contribution in [0.25, 0.3) is 33.9 Å². The van der Waals surface area contributed by atoms with Gasteiger partial charge in [-0.05, 0) is 73.1 Å². The van der Waals surface area contributed by atoms with E-state index in [0.717, 1.165) is 41.0 Å². The fourth-order valence-corrected chi connectivity index (χ4v) is 7.27. The first-order valence-corrected chi connectivity index (χ1v) is 24.1. The number of carbonyl (C=O) groups excluding carboxylic acids is 5. The van der Waals surface area contributed by atoms with Crippen molar-refractivity contribution in [1.82, 2.24) is 40.8 Å². The molecular formula is C51H48F4IrN8O8S-2. The van der Waals surface area contributed by atoms with Crippen molar-refractivity contribution < 1.29 is 74.8 Å². The van der Waals surface area contributed by atoms with Crippen LogP contribution in [0.2, 0.25) is 0 Å². The molecule has 4 aromatic heterocycles. The van der Waals surface area contributed by atoms with Crippen LogP contribution in [0.5, 0.6) is 0 Å². The van der Waals surface area contributed by atoms with Gasteiger partial charge in [0.25, 0.3) is 17.7 Å². The van der Waals surface area contributed by atoms with Crippen LogP contribution in [0.1, 0.15) is 35.2 Å². The van der Waals surface area contributed by atoms with Crippen molar-refractivity contribution in [3.05, 3.63) is 168 Å². The van der Waals surface area contributed by atoms with E-state index in [-0.39, 0.29) is 93.8 Å². The third-order valence-electron chi connectivity index (χ3n) is 9.91. The topological polar surface area (TPSA) is 220 Å². The van der Waals surface area contributed by atoms with E-state index in [1.54, 1.807) is 55.0 Å². The molecule has 0 saturated carbocycles. The van der Waals surface area contributed by atoms with Gasteiger partial charge in [-0.25, -0.2) is 8.42 Å². The summed E-state index contributed by atoms with van der Waals surface area (Å²) in [5.41, 5.74) is 3.44. The first kappa shape index (κ1) is 58.2. The Hall–Kier alpha value is -7.39. The number of amides is 5. The van der Waals surface area contributed by atoms with Crippen LogP contribution in [0.4, 0.5) is 17.6 Å². The molecular weight excluding hydrogens is 1150 g/mol. The van der Waals surface area contributed by atoms with E-state index in [0.29, 0.717) is 35.6 Å². The number of rotatable bonds is 19. The number of hydrogen-bond acceptors (Lipinski definition) is 12. The van der Waals surface area contributed by atoms with Crippen molar-refractivity contribution in [3.63, 3.8) is 0 Å². The Balaban J connectivity index is 0.000000318. The van der Waals surface area contributed by atoms with Crippen molar-refractivity contribution in [2.24, 2.45) is 0 Å². The molecule has 73 heavy (non-hydrogen) atoms. The Labute approximate surface area is 432 Å². The number of nitrogens with one attached hydrogen (secondary N) is 3. The molecule has 385 valence electrons. The Morgan fingerprint density at radius 2 is 1.26 bits per heavy atom. The molecule has 5 heterocycles. The van der Waals surface area contributed by atoms with Crippen molar-refractivity contribution >= 4 is 39.4 Å². The van der Waals surface area contributed by atoms with Crippen LogP contribution in [0.3, 0.4) is 0 Å². The minimum absolute atomic E-state index is 0. The number of carbonyl (C=O) groups is 5. The van der Waals surface area contributed by atoms with E-state index in [9.17, 15) is 50.0 Å². The molecule has 0 aliphatic carbocycles. The Kier molecular flexibility index (Phi) is 23.3. The van der Waals surface area contributed by atoms with E-state index in [4.69, 9.17) is 4.74 Å². The summed E-state index contributed by atoms with van der Waals surface area (Å²) in [6, 6.07) is 24.3. The van der Waals surface area contributed by atoms with Gasteiger partial charge in [-0.2, -0.15) is 0 Å². The Morgan fingerprint density at radius 1 is 0.699 bits per heavy atom. The molecule has 1 atom stereocenters. The molecule has 1 unspecified atom stereocenters. The molecule has 0 saturated heterocycles. The summed E-state index contributed by atoms with van der Waals surface area (Å²) in [5.74, 6) is -5.43. The molecule has 2 aromatic carbocycles. The number of sulfone groups is 1. The second-order valence-electron chi connectivity index (χ2n) is 15.7. The average molecular weight is 1200 g/mol. The number of unbranched alkanes of at least 4 members (excludes halogenated alkanes) is 1. The summed E-state index contributed by atoms with van der Waals surface area (Å²) in [6.07, 6.45) is 10.6. The van der Waals surface area contributed by atoms with Gasteiger partial charge in [0.2, 0.25) is 11.8 Å². The average Bonchev–Trinajstić information content (AvgIpc) is 3.68.